The summed E-state index contributed by atoms with van der Waals surface area (Å²) in [6, 6.07) is 0. The lowest BCUT2D eigenvalue weighted by Crippen LogP contribution is -2.32. The highest BCUT2D eigenvalue weighted by atomic mass is 35.5. The van der Waals surface area contributed by atoms with Crippen LogP contribution in [0.15, 0.2) is 18.6 Å². The fourth-order valence-corrected chi connectivity index (χ4v) is 4.67. The molecule has 2 fully saturated rings. The van der Waals surface area contributed by atoms with Crippen LogP contribution in [0.2, 0.25) is 5.15 Å². The third-order valence-electron chi connectivity index (χ3n) is 5.38. The monoisotopic (exact) mass is 319 g/mol. The zero-order valence-corrected chi connectivity index (χ0v) is 13.2. The quantitative estimate of drug-likeness (QED) is 0.798. The molecule has 6 heteroatoms. The minimum absolute atomic E-state index is 0.0360. The Balaban J connectivity index is 1.65. The molecule has 116 valence electrons. The first-order valence-electron chi connectivity index (χ1n) is 7.74. The van der Waals surface area contributed by atoms with Crippen molar-refractivity contribution in [2.45, 2.75) is 31.6 Å². The van der Waals surface area contributed by atoms with E-state index >= 15 is 0 Å². The molecule has 4 rings (SSSR count). The topological polar surface area (TPSA) is 56.5 Å². The number of aromatic nitrogens is 3. The second-order valence-electron chi connectivity index (χ2n) is 6.40. The number of hydrogen-bond donors (Lipinski definition) is 0. The second-order valence-corrected chi connectivity index (χ2v) is 6.76. The summed E-state index contributed by atoms with van der Waals surface area (Å²) in [5.41, 5.74) is 0.849. The van der Waals surface area contributed by atoms with Crippen LogP contribution in [0.25, 0.3) is 5.52 Å². The van der Waals surface area contributed by atoms with Crippen LogP contribution >= 0.6 is 11.6 Å². The minimum atomic E-state index is -0.0360. The molecule has 2 aromatic rings. The van der Waals surface area contributed by atoms with Crippen LogP contribution in [0.5, 0.6) is 0 Å². The SMILES string of the molecule is COC(=O)C1C2CCC1CC(c1ncc3c(Cl)nccn13)C2. The van der Waals surface area contributed by atoms with Crippen molar-refractivity contribution in [2.75, 3.05) is 7.11 Å². The third kappa shape index (κ3) is 2.02. The van der Waals surface area contributed by atoms with Gasteiger partial charge in [0.05, 0.1) is 19.2 Å². The standard InChI is InChI=1S/C16H18ClN3O2/c1-22-16(21)13-9-2-3-10(13)7-11(6-9)15-19-8-12-14(17)18-4-5-20(12)15/h4-5,8-11,13H,2-3,6-7H2,1H3. The molecule has 0 aromatic carbocycles. The molecule has 2 heterocycles. The van der Waals surface area contributed by atoms with Gasteiger partial charge in [-0.2, -0.15) is 0 Å². The lowest BCUT2D eigenvalue weighted by atomic mass is 9.73. The second kappa shape index (κ2) is 5.23. The fourth-order valence-electron chi connectivity index (χ4n) is 4.48. The van der Waals surface area contributed by atoms with Gasteiger partial charge in [0.2, 0.25) is 0 Å². The van der Waals surface area contributed by atoms with E-state index in [1.165, 1.54) is 7.11 Å². The van der Waals surface area contributed by atoms with Gasteiger partial charge in [0, 0.05) is 18.3 Å². The fraction of sp³-hybridized carbons (Fsp3) is 0.562. The van der Waals surface area contributed by atoms with E-state index in [1.807, 2.05) is 10.6 Å². The van der Waals surface area contributed by atoms with Crippen molar-refractivity contribution in [2.24, 2.45) is 17.8 Å². The van der Waals surface area contributed by atoms with Crippen molar-refractivity contribution in [1.82, 2.24) is 14.4 Å². The van der Waals surface area contributed by atoms with Crippen LogP contribution in [0, 0.1) is 17.8 Å². The molecule has 0 spiro atoms. The van der Waals surface area contributed by atoms with E-state index in [4.69, 9.17) is 16.3 Å². The molecule has 2 saturated carbocycles. The molecule has 0 N–H and O–H groups in total. The van der Waals surface area contributed by atoms with Gasteiger partial charge in [0.25, 0.3) is 0 Å². The Labute approximate surface area is 133 Å². The van der Waals surface area contributed by atoms with E-state index in [1.54, 1.807) is 12.4 Å². The van der Waals surface area contributed by atoms with Crippen LogP contribution in [-0.2, 0) is 9.53 Å². The number of ether oxygens (including phenoxy) is 1. The number of methoxy groups -OCH3 is 1. The Hall–Kier alpha value is -1.62. The summed E-state index contributed by atoms with van der Waals surface area (Å²) in [5.74, 6) is 2.30. The molecular weight excluding hydrogens is 302 g/mol. The smallest absolute Gasteiger partial charge is 0.309 e. The van der Waals surface area contributed by atoms with Gasteiger partial charge >= 0.3 is 5.97 Å². The van der Waals surface area contributed by atoms with Gasteiger partial charge < -0.3 is 4.74 Å². The number of carbonyl (C=O) groups is 1. The molecule has 2 aliphatic carbocycles. The number of imidazole rings is 1. The Kier molecular flexibility index (Phi) is 3.33. The highest BCUT2D eigenvalue weighted by molar-refractivity contribution is 6.32. The highest BCUT2D eigenvalue weighted by Gasteiger charge is 2.47. The number of halogens is 1. The van der Waals surface area contributed by atoms with E-state index in [2.05, 4.69) is 9.97 Å². The summed E-state index contributed by atoms with van der Waals surface area (Å²) in [4.78, 5) is 20.7. The molecular formula is C16H18ClN3O2. The molecule has 5 nitrogen and oxygen atoms in total. The molecule has 0 amide bonds. The van der Waals surface area contributed by atoms with Gasteiger partial charge in [-0.15, -0.1) is 0 Å². The van der Waals surface area contributed by atoms with Crippen molar-refractivity contribution in [3.05, 3.63) is 29.6 Å². The normalized spacial score (nSPS) is 30.6. The van der Waals surface area contributed by atoms with Crippen molar-refractivity contribution < 1.29 is 9.53 Å². The van der Waals surface area contributed by atoms with Gasteiger partial charge in [0.1, 0.15) is 11.3 Å². The summed E-state index contributed by atoms with van der Waals surface area (Å²) in [7, 11) is 1.49. The maximum Gasteiger partial charge on any atom is 0.309 e. The van der Waals surface area contributed by atoms with Gasteiger partial charge in [-0.3, -0.25) is 9.20 Å². The van der Waals surface area contributed by atoms with Crippen LogP contribution in [0.3, 0.4) is 0 Å². The predicted octanol–water partition coefficient (Wildman–Crippen LogP) is 3.08. The first-order chi connectivity index (χ1) is 10.7. The van der Waals surface area contributed by atoms with E-state index in [0.717, 1.165) is 37.0 Å². The molecule has 0 radical (unpaired) electrons. The van der Waals surface area contributed by atoms with E-state index in [9.17, 15) is 4.79 Å². The maximum absolute atomic E-state index is 12.0. The Morgan fingerprint density at radius 3 is 2.73 bits per heavy atom. The molecule has 22 heavy (non-hydrogen) atoms. The molecule has 2 atom stereocenters. The van der Waals surface area contributed by atoms with Crippen molar-refractivity contribution in [3.63, 3.8) is 0 Å². The van der Waals surface area contributed by atoms with Crippen molar-refractivity contribution in [1.29, 1.82) is 0 Å². The summed E-state index contributed by atoms with van der Waals surface area (Å²) in [5, 5.41) is 0.479. The molecule has 2 bridgehead atoms. The molecule has 0 aliphatic heterocycles. The zero-order valence-electron chi connectivity index (χ0n) is 12.4. The summed E-state index contributed by atoms with van der Waals surface area (Å²) >= 11 is 6.13. The largest absolute Gasteiger partial charge is 0.469 e. The Morgan fingerprint density at radius 2 is 2.05 bits per heavy atom. The average molecular weight is 320 g/mol. The molecule has 2 aromatic heterocycles. The van der Waals surface area contributed by atoms with Gasteiger partial charge in [-0.05, 0) is 37.5 Å². The van der Waals surface area contributed by atoms with Crippen LogP contribution in [-0.4, -0.2) is 27.4 Å². The van der Waals surface area contributed by atoms with E-state index in [-0.39, 0.29) is 11.9 Å². The third-order valence-corrected chi connectivity index (χ3v) is 5.67. The zero-order chi connectivity index (χ0) is 15.3. The van der Waals surface area contributed by atoms with Gasteiger partial charge in [-0.1, -0.05) is 11.6 Å². The summed E-state index contributed by atoms with van der Waals surface area (Å²) in [6.45, 7) is 0. The number of hydrogen-bond acceptors (Lipinski definition) is 4. The minimum Gasteiger partial charge on any atom is -0.469 e. The number of carbonyl (C=O) groups excluding carboxylic acids is 1. The first kappa shape index (κ1) is 14.0. The molecule has 2 unspecified atom stereocenters. The summed E-state index contributed by atoms with van der Waals surface area (Å²) < 4.78 is 7.04. The maximum atomic E-state index is 12.0. The number of nitrogens with zero attached hydrogens (tertiary/aromatic N) is 3. The van der Waals surface area contributed by atoms with Gasteiger partial charge in [0.15, 0.2) is 5.15 Å². The predicted molar refractivity (Wildman–Crippen MR) is 81.7 cm³/mol. The van der Waals surface area contributed by atoms with Crippen molar-refractivity contribution >= 4 is 23.1 Å². The van der Waals surface area contributed by atoms with Crippen LogP contribution in [0.1, 0.15) is 37.4 Å². The first-order valence-corrected chi connectivity index (χ1v) is 8.12. The van der Waals surface area contributed by atoms with E-state index in [0.29, 0.717) is 22.9 Å². The van der Waals surface area contributed by atoms with Crippen LogP contribution < -0.4 is 0 Å². The van der Waals surface area contributed by atoms with Crippen LogP contribution in [0.4, 0.5) is 0 Å². The summed E-state index contributed by atoms with van der Waals surface area (Å²) in [6.07, 6.45) is 9.63. The van der Waals surface area contributed by atoms with E-state index < -0.39 is 0 Å². The highest BCUT2D eigenvalue weighted by Crippen LogP contribution is 2.52. The molecule has 0 saturated heterocycles. The van der Waals surface area contributed by atoms with Crippen molar-refractivity contribution in [3.8, 4) is 0 Å². The average Bonchev–Trinajstić information content (AvgIpc) is 3.07. The lowest BCUT2D eigenvalue weighted by Gasteiger charge is -2.33. The number of esters is 1. The lowest BCUT2D eigenvalue weighted by molar-refractivity contribution is -0.149. The number of rotatable bonds is 2. The van der Waals surface area contributed by atoms with Gasteiger partial charge in [-0.25, -0.2) is 9.97 Å². The Morgan fingerprint density at radius 1 is 1.32 bits per heavy atom. The number of fused-ring (bicyclic) bond motifs is 3. The molecule has 2 aliphatic rings. The Bertz CT molecular complexity index is 715.